The highest BCUT2D eigenvalue weighted by molar-refractivity contribution is 7.99. The van der Waals surface area contributed by atoms with Gasteiger partial charge in [0.25, 0.3) is 0 Å². The first-order valence-corrected chi connectivity index (χ1v) is 12.1. The van der Waals surface area contributed by atoms with E-state index in [4.69, 9.17) is 5.73 Å². The van der Waals surface area contributed by atoms with E-state index in [0.717, 1.165) is 37.9 Å². The van der Waals surface area contributed by atoms with Crippen LogP contribution in [0.4, 0.5) is 0 Å². The topological polar surface area (TPSA) is 60.2 Å². The standard InChI is InChI=1S/C25H31NO2S/c1-24-11-9-17(27)13-16(24)14-21(26)23-19(24)10-12-25(20(23)7-8-22(25)28)15-29-18-5-3-2-4-6-18/h2-6,13,19-21,23H,7-12,14-15,26H2,1H3/t19-,20-,21+,23+,24-,25+/m0/s1. The number of rotatable bonds is 3. The van der Waals surface area contributed by atoms with Gasteiger partial charge in [0.15, 0.2) is 5.78 Å². The molecule has 29 heavy (non-hydrogen) atoms. The van der Waals surface area contributed by atoms with E-state index in [-0.39, 0.29) is 22.7 Å². The maximum atomic E-state index is 13.2. The lowest BCUT2D eigenvalue weighted by Crippen LogP contribution is -2.58. The Morgan fingerprint density at radius 1 is 1.07 bits per heavy atom. The molecule has 154 valence electrons. The summed E-state index contributed by atoms with van der Waals surface area (Å²) in [6.07, 6.45) is 8.13. The van der Waals surface area contributed by atoms with Crippen molar-refractivity contribution in [3.63, 3.8) is 0 Å². The Morgan fingerprint density at radius 2 is 1.86 bits per heavy atom. The van der Waals surface area contributed by atoms with Crippen molar-refractivity contribution in [1.29, 1.82) is 0 Å². The number of thioether (sulfide) groups is 1. The first-order valence-electron chi connectivity index (χ1n) is 11.1. The summed E-state index contributed by atoms with van der Waals surface area (Å²) in [6, 6.07) is 10.5. The quantitative estimate of drug-likeness (QED) is 0.729. The third-order valence-electron chi connectivity index (χ3n) is 8.75. The van der Waals surface area contributed by atoms with Crippen LogP contribution in [0.2, 0.25) is 0 Å². The van der Waals surface area contributed by atoms with E-state index in [1.807, 2.05) is 23.9 Å². The monoisotopic (exact) mass is 409 g/mol. The molecule has 0 bridgehead atoms. The van der Waals surface area contributed by atoms with Crippen molar-refractivity contribution in [1.82, 2.24) is 0 Å². The van der Waals surface area contributed by atoms with E-state index in [2.05, 4.69) is 31.2 Å². The maximum absolute atomic E-state index is 13.2. The summed E-state index contributed by atoms with van der Waals surface area (Å²) in [5.74, 6) is 2.94. The Balaban J connectivity index is 1.46. The number of fused-ring (bicyclic) bond motifs is 5. The third kappa shape index (κ3) is 2.97. The van der Waals surface area contributed by atoms with E-state index in [0.29, 0.717) is 36.4 Å². The summed E-state index contributed by atoms with van der Waals surface area (Å²) >= 11 is 1.84. The molecule has 0 aromatic heterocycles. The number of hydrogen-bond acceptors (Lipinski definition) is 4. The maximum Gasteiger partial charge on any atom is 0.155 e. The Morgan fingerprint density at radius 3 is 2.66 bits per heavy atom. The van der Waals surface area contributed by atoms with Gasteiger partial charge in [-0.05, 0) is 73.5 Å². The minimum atomic E-state index is -0.207. The predicted octanol–water partition coefficient (Wildman–Crippen LogP) is 4.80. The van der Waals surface area contributed by atoms with Gasteiger partial charge in [0.1, 0.15) is 5.78 Å². The molecule has 3 fully saturated rings. The summed E-state index contributed by atoms with van der Waals surface area (Å²) in [5, 5.41) is 0. The van der Waals surface area contributed by atoms with E-state index in [1.165, 1.54) is 10.5 Å². The minimum Gasteiger partial charge on any atom is -0.327 e. The highest BCUT2D eigenvalue weighted by atomic mass is 32.2. The summed E-state index contributed by atoms with van der Waals surface area (Å²) < 4.78 is 0. The molecule has 0 spiro atoms. The molecule has 0 unspecified atom stereocenters. The van der Waals surface area contributed by atoms with Gasteiger partial charge in [0.2, 0.25) is 0 Å². The molecule has 4 heteroatoms. The molecule has 0 radical (unpaired) electrons. The van der Waals surface area contributed by atoms with Crippen molar-refractivity contribution >= 4 is 23.3 Å². The molecule has 0 heterocycles. The van der Waals surface area contributed by atoms with Crippen LogP contribution >= 0.6 is 11.8 Å². The number of ketones is 2. The van der Waals surface area contributed by atoms with Crippen LogP contribution < -0.4 is 5.73 Å². The summed E-state index contributed by atoms with van der Waals surface area (Å²) in [7, 11) is 0. The van der Waals surface area contributed by atoms with E-state index >= 15 is 0 Å². The molecular formula is C25H31NO2S. The summed E-state index contributed by atoms with van der Waals surface area (Å²) in [6.45, 7) is 2.37. The van der Waals surface area contributed by atoms with Crippen molar-refractivity contribution < 1.29 is 9.59 Å². The molecule has 0 saturated heterocycles. The predicted molar refractivity (Wildman–Crippen MR) is 117 cm³/mol. The molecule has 1 aromatic rings. The fraction of sp³-hybridized carbons (Fsp3) is 0.600. The SMILES string of the molecule is C[C@]12CCC(=O)C=C1C[C@@H](N)[C@H]1[C@@H]3CCC(=O)[C@@]3(CSc3ccccc3)CC[C@@H]12. The Labute approximate surface area is 177 Å². The van der Waals surface area contributed by atoms with Crippen LogP contribution in [0.5, 0.6) is 0 Å². The molecule has 4 aliphatic carbocycles. The lowest BCUT2D eigenvalue weighted by atomic mass is 9.46. The Bertz CT molecular complexity index is 865. The second-order valence-electron chi connectivity index (χ2n) is 9.97. The lowest BCUT2D eigenvalue weighted by Gasteiger charge is -2.59. The zero-order chi connectivity index (χ0) is 20.2. The second kappa shape index (κ2) is 7.09. The zero-order valence-electron chi connectivity index (χ0n) is 17.2. The molecule has 3 saturated carbocycles. The van der Waals surface area contributed by atoms with E-state index in [9.17, 15) is 9.59 Å². The lowest BCUT2D eigenvalue weighted by molar-refractivity contribution is -0.132. The van der Waals surface area contributed by atoms with Gasteiger partial charge in [-0.1, -0.05) is 30.7 Å². The molecule has 6 atom stereocenters. The van der Waals surface area contributed by atoms with Gasteiger partial charge in [-0.15, -0.1) is 11.8 Å². The second-order valence-corrected chi connectivity index (χ2v) is 11.0. The minimum absolute atomic E-state index is 0.0718. The van der Waals surface area contributed by atoms with Crippen LogP contribution in [0.1, 0.15) is 51.9 Å². The van der Waals surface area contributed by atoms with Crippen LogP contribution in [0.25, 0.3) is 0 Å². The summed E-state index contributed by atoms with van der Waals surface area (Å²) in [5.41, 5.74) is 7.98. The van der Waals surface area contributed by atoms with Gasteiger partial charge in [-0.25, -0.2) is 0 Å². The zero-order valence-corrected chi connectivity index (χ0v) is 18.0. The van der Waals surface area contributed by atoms with Gasteiger partial charge in [-0.2, -0.15) is 0 Å². The smallest absolute Gasteiger partial charge is 0.155 e. The molecule has 2 N–H and O–H groups in total. The van der Waals surface area contributed by atoms with Crippen molar-refractivity contribution in [3.05, 3.63) is 42.0 Å². The van der Waals surface area contributed by atoms with Crippen LogP contribution in [-0.4, -0.2) is 23.4 Å². The molecule has 4 aliphatic rings. The average molecular weight is 410 g/mol. The van der Waals surface area contributed by atoms with Crippen molar-refractivity contribution in [3.8, 4) is 0 Å². The average Bonchev–Trinajstić information content (AvgIpc) is 3.05. The van der Waals surface area contributed by atoms with E-state index in [1.54, 1.807) is 0 Å². The van der Waals surface area contributed by atoms with Gasteiger partial charge in [0, 0.05) is 34.9 Å². The Kier molecular flexibility index (Phi) is 4.78. The van der Waals surface area contributed by atoms with Crippen molar-refractivity contribution in [2.24, 2.45) is 34.3 Å². The number of Topliss-reactive ketones (excluding diaryl/α,β-unsaturated/α-hetero) is 1. The largest absolute Gasteiger partial charge is 0.327 e. The summed E-state index contributed by atoms with van der Waals surface area (Å²) in [4.78, 5) is 26.5. The van der Waals surface area contributed by atoms with Crippen LogP contribution in [-0.2, 0) is 9.59 Å². The van der Waals surface area contributed by atoms with Crippen LogP contribution in [0.15, 0.2) is 46.9 Å². The molecule has 5 rings (SSSR count). The van der Waals surface area contributed by atoms with Gasteiger partial charge in [0.05, 0.1) is 0 Å². The first kappa shape index (κ1) is 19.6. The normalized spacial score (nSPS) is 41.4. The van der Waals surface area contributed by atoms with Crippen LogP contribution in [0.3, 0.4) is 0 Å². The fourth-order valence-corrected chi connectivity index (χ4v) is 8.49. The first-order chi connectivity index (χ1) is 13.9. The molecular weight excluding hydrogens is 378 g/mol. The van der Waals surface area contributed by atoms with Crippen molar-refractivity contribution in [2.45, 2.75) is 62.8 Å². The highest BCUT2D eigenvalue weighted by Crippen LogP contribution is 2.64. The molecule has 3 nitrogen and oxygen atoms in total. The number of nitrogens with two attached hydrogens (primary N) is 1. The number of benzene rings is 1. The third-order valence-corrected chi connectivity index (χ3v) is 10.0. The number of carbonyl (C=O) groups excluding carboxylic acids is 2. The van der Waals surface area contributed by atoms with Crippen LogP contribution in [0, 0.1) is 28.6 Å². The van der Waals surface area contributed by atoms with Gasteiger partial charge in [-0.3, -0.25) is 9.59 Å². The molecule has 0 amide bonds. The highest BCUT2D eigenvalue weighted by Gasteiger charge is 2.62. The number of carbonyl (C=O) groups is 2. The van der Waals surface area contributed by atoms with E-state index < -0.39 is 0 Å². The molecule has 0 aliphatic heterocycles. The molecule has 1 aromatic carbocycles. The Hall–Kier alpha value is -1.39. The number of hydrogen-bond donors (Lipinski definition) is 1. The van der Waals surface area contributed by atoms with Gasteiger partial charge >= 0.3 is 0 Å². The van der Waals surface area contributed by atoms with Gasteiger partial charge < -0.3 is 5.73 Å². The van der Waals surface area contributed by atoms with Crippen molar-refractivity contribution in [2.75, 3.05) is 5.75 Å². The fourth-order valence-electron chi connectivity index (χ4n) is 7.20.